The molecule has 8 nitrogen and oxygen atoms in total. The number of hydrogen-bond donors (Lipinski definition) is 1. The quantitative estimate of drug-likeness (QED) is 0.449. The lowest BCUT2D eigenvalue weighted by Crippen LogP contribution is -3.13. The van der Waals surface area contributed by atoms with Crippen LogP contribution < -0.4 is 21.0 Å². The second-order valence-corrected chi connectivity index (χ2v) is 9.35. The number of nitrogens with zero attached hydrogens (tertiary/aromatic N) is 5. The smallest absolute Gasteiger partial charge is 0.332 e. The molecule has 0 saturated carbocycles. The number of anilines is 1. The second kappa shape index (κ2) is 9.31. The highest BCUT2D eigenvalue weighted by Gasteiger charge is 2.26. The van der Waals surface area contributed by atoms with E-state index in [0.29, 0.717) is 18.0 Å². The van der Waals surface area contributed by atoms with Crippen molar-refractivity contribution in [3.05, 3.63) is 91.6 Å². The van der Waals surface area contributed by atoms with E-state index in [1.807, 2.05) is 18.2 Å². The molecule has 2 aromatic carbocycles. The van der Waals surface area contributed by atoms with Gasteiger partial charge in [-0.3, -0.25) is 13.9 Å². The molecule has 1 aliphatic rings. The van der Waals surface area contributed by atoms with Crippen molar-refractivity contribution >= 4 is 28.5 Å². The maximum Gasteiger partial charge on any atom is 0.332 e. The monoisotopic (exact) mass is 497 g/mol. The maximum atomic E-state index is 14.7. The zero-order chi connectivity index (χ0) is 24.7. The van der Waals surface area contributed by atoms with Gasteiger partial charge in [-0.05, 0) is 24.3 Å². The van der Waals surface area contributed by atoms with Crippen LogP contribution in [0.4, 0.5) is 10.1 Å². The third-order valence-corrected chi connectivity index (χ3v) is 7.16. The molecule has 0 bridgehead atoms. The zero-order valence-electron chi connectivity index (χ0n) is 19.7. The Morgan fingerprint density at radius 1 is 1.00 bits per heavy atom. The Kier molecular flexibility index (Phi) is 6.21. The molecule has 3 heterocycles. The number of imidazole rings is 1. The minimum atomic E-state index is -0.460. The Bertz CT molecular complexity index is 1480. The molecule has 1 saturated heterocycles. The largest absolute Gasteiger partial charge is 0.360 e. The highest BCUT2D eigenvalue weighted by molar-refractivity contribution is 6.31. The number of hydrogen-bond acceptors (Lipinski definition) is 4. The predicted molar refractivity (Wildman–Crippen MR) is 134 cm³/mol. The Labute approximate surface area is 206 Å². The van der Waals surface area contributed by atoms with Crippen molar-refractivity contribution in [2.45, 2.75) is 13.1 Å². The molecule has 1 fully saturated rings. The summed E-state index contributed by atoms with van der Waals surface area (Å²) in [5.41, 5.74) is 1.14. The molecule has 4 aromatic rings. The summed E-state index contributed by atoms with van der Waals surface area (Å²) in [6, 6.07) is 14.8. The molecule has 2 aromatic heterocycles. The van der Waals surface area contributed by atoms with Crippen LogP contribution in [0, 0.1) is 5.82 Å². The highest BCUT2D eigenvalue weighted by Crippen LogP contribution is 2.22. The van der Waals surface area contributed by atoms with Crippen LogP contribution in [0.15, 0.2) is 58.1 Å². The number of aryl methyl sites for hydroxylation is 1. The second-order valence-electron chi connectivity index (χ2n) is 8.94. The number of piperazine rings is 1. The summed E-state index contributed by atoms with van der Waals surface area (Å²) in [6.45, 7) is 4.14. The Morgan fingerprint density at radius 2 is 1.71 bits per heavy atom. The molecule has 0 radical (unpaired) electrons. The first-order chi connectivity index (χ1) is 16.8. The summed E-state index contributed by atoms with van der Waals surface area (Å²) in [5.74, 6) is 0.177. The fourth-order valence-corrected chi connectivity index (χ4v) is 4.98. The lowest BCUT2D eigenvalue weighted by Gasteiger charge is -2.33. The van der Waals surface area contributed by atoms with Crippen LogP contribution in [-0.2, 0) is 27.2 Å². The third kappa shape index (κ3) is 4.26. The average molecular weight is 498 g/mol. The van der Waals surface area contributed by atoms with Gasteiger partial charge in [-0.2, -0.15) is 0 Å². The molecule has 0 aliphatic carbocycles. The van der Waals surface area contributed by atoms with Gasteiger partial charge in [0.25, 0.3) is 5.56 Å². The van der Waals surface area contributed by atoms with Crippen LogP contribution in [0.2, 0.25) is 5.02 Å². The fourth-order valence-electron chi connectivity index (χ4n) is 4.76. The highest BCUT2D eigenvalue weighted by atomic mass is 35.5. The molecule has 35 heavy (non-hydrogen) atoms. The van der Waals surface area contributed by atoms with Crippen molar-refractivity contribution in [2.24, 2.45) is 14.1 Å². The number of nitrogens with one attached hydrogen (secondary N) is 1. The normalized spacial score (nSPS) is 14.7. The summed E-state index contributed by atoms with van der Waals surface area (Å²) in [6.07, 6.45) is 0. The first-order valence-corrected chi connectivity index (χ1v) is 11.9. The van der Waals surface area contributed by atoms with Gasteiger partial charge >= 0.3 is 5.69 Å². The van der Waals surface area contributed by atoms with Gasteiger partial charge in [-0.15, -0.1) is 0 Å². The summed E-state index contributed by atoms with van der Waals surface area (Å²) in [4.78, 5) is 34.0. The molecule has 5 rings (SSSR count). The molecule has 1 aliphatic heterocycles. The average Bonchev–Trinajstić information content (AvgIpc) is 3.22. The van der Waals surface area contributed by atoms with Gasteiger partial charge in [-0.1, -0.05) is 35.9 Å². The van der Waals surface area contributed by atoms with Crippen molar-refractivity contribution in [3.8, 4) is 0 Å². The van der Waals surface area contributed by atoms with Gasteiger partial charge in [0.15, 0.2) is 17.0 Å². The Balaban J connectivity index is 1.52. The van der Waals surface area contributed by atoms with Gasteiger partial charge in [0.2, 0.25) is 0 Å². The first-order valence-electron chi connectivity index (χ1n) is 11.6. The number of quaternary nitrogens is 1. The van der Waals surface area contributed by atoms with Crippen LogP contribution in [-0.4, -0.2) is 44.9 Å². The number of benzene rings is 2. The summed E-state index contributed by atoms with van der Waals surface area (Å²) >= 11 is 6.32. The van der Waals surface area contributed by atoms with E-state index < -0.39 is 17.1 Å². The molecule has 1 N–H and O–H groups in total. The molecular weight excluding hydrogens is 471 g/mol. The number of halogens is 2. The number of rotatable bonds is 5. The van der Waals surface area contributed by atoms with E-state index >= 15 is 0 Å². The van der Waals surface area contributed by atoms with E-state index in [1.54, 1.807) is 23.7 Å². The molecule has 0 spiro atoms. The van der Waals surface area contributed by atoms with Crippen LogP contribution >= 0.6 is 11.6 Å². The van der Waals surface area contributed by atoms with Gasteiger partial charge in [-0.25, -0.2) is 14.2 Å². The Morgan fingerprint density at radius 3 is 2.40 bits per heavy atom. The summed E-state index contributed by atoms with van der Waals surface area (Å²) in [7, 11) is 3.03. The van der Waals surface area contributed by atoms with E-state index in [2.05, 4.69) is 17.0 Å². The first kappa shape index (κ1) is 23.3. The molecule has 0 atom stereocenters. The lowest BCUT2D eigenvalue weighted by atomic mass is 10.2. The van der Waals surface area contributed by atoms with Gasteiger partial charge in [0.05, 0.1) is 32.7 Å². The topological polar surface area (TPSA) is 69.5 Å². The van der Waals surface area contributed by atoms with E-state index in [0.717, 1.165) is 30.7 Å². The molecule has 10 heteroatoms. The molecule has 0 unspecified atom stereocenters. The fraction of sp³-hybridized carbons (Fsp3) is 0.320. The van der Waals surface area contributed by atoms with Crippen LogP contribution in [0.5, 0.6) is 0 Å². The zero-order valence-corrected chi connectivity index (χ0v) is 20.4. The van der Waals surface area contributed by atoms with Gasteiger partial charge in [0.1, 0.15) is 12.4 Å². The standard InChI is InChI=1S/C25H26ClFN6O2/c1-29-23-22(24(34)30(2)25(29)35)33(15-18-19(26)9-6-10-20(18)27)21(28-23)16-31-11-13-32(14-12-31)17-7-4-3-5-8-17/h3-10H,11-16H2,1-2H3/p+1. The van der Waals surface area contributed by atoms with Crippen molar-refractivity contribution in [1.29, 1.82) is 0 Å². The van der Waals surface area contributed by atoms with E-state index in [9.17, 15) is 14.0 Å². The minimum absolute atomic E-state index is 0.0498. The van der Waals surface area contributed by atoms with Crippen molar-refractivity contribution in [2.75, 3.05) is 31.1 Å². The maximum absolute atomic E-state index is 14.7. The number of aromatic nitrogens is 4. The van der Waals surface area contributed by atoms with E-state index in [1.165, 1.54) is 28.3 Å². The molecular formula is C25H27ClFN6O2+. The Hall–Kier alpha value is -3.43. The van der Waals surface area contributed by atoms with Crippen molar-refractivity contribution in [3.63, 3.8) is 0 Å². The van der Waals surface area contributed by atoms with E-state index in [-0.39, 0.29) is 22.6 Å². The van der Waals surface area contributed by atoms with E-state index in [4.69, 9.17) is 16.6 Å². The number of fused-ring (bicyclic) bond motifs is 1. The van der Waals surface area contributed by atoms with Crippen LogP contribution in [0.1, 0.15) is 11.4 Å². The third-order valence-electron chi connectivity index (χ3n) is 6.80. The van der Waals surface area contributed by atoms with Gasteiger partial charge in [0, 0.05) is 30.4 Å². The summed E-state index contributed by atoms with van der Waals surface area (Å²) in [5, 5.41) is 0.281. The van der Waals surface area contributed by atoms with Crippen molar-refractivity contribution in [1.82, 2.24) is 18.7 Å². The van der Waals surface area contributed by atoms with Crippen LogP contribution in [0.3, 0.4) is 0 Å². The molecule has 0 amide bonds. The number of para-hydroxylation sites is 1. The lowest BCUT2D eigenvalue weighted by molar-refractivity contribution is -0.915. The van der Waals surface area contributed by atoms with Crippen molar-refractivity contribution < 1.29 is 9.29 Å². The summed E-state index contributed by atoms with van der Waals surface area (Å²) < 4.78 is 18.8. The molecule has 182 valence electrons. The minimum Gasteiger partial charge on any atom is -0.360 e. The predicted octanol–water partition coefficient (Wildman–Crippen LogP) is 1.18. The van der Waals surface area contributed by atoms with Crippen LogP contribution in [0.25, 0.3) is 11.2 Å². The SMILES string of the molecule is Cn1c(=O)c2c(nc(C[NH+]3CCN(c4ccccc4)CC3)n2Cc2c(F)cccc2Cl)n(C)c1=O. The van der Waals surface area contributed by atoms with Gasteiger partial charge < -0.3 is 14.4 Å².